The van der Waals surface area contributed by atoms with Crippen molar-refractivity contribution >= 4 is 5.97 Å². The Bertz CT molecular complexity index is 1300. The van der Waals surface area contributed by atoms with E-state index >= 15 is 0 Å². The molecular formula is C22H19F6N3O4. The molecule has 0 bridgehead atoms. The molecule has 0 saturated carbocycles. The van der Waals surface area contributed by atoms with Crippen LogP contribution in [0.2, 0.25) is 0 Å². The van der Waals surface area contributed by atoms with E-state index in [1.54, 1.807) is 0 Å². The number of rotatable bonds is 6. The van der Waals surface area contributed by atoms with Gasteiger partial charge in [-0.3, -0.25) is 0 Å². The molecule has 188 valence electrons. The van der Waals surface area contributed by atoms with Crippen LogP contribution in [0, 0.1) is 6.92 Å². The largest absolute Gasteiger partial charge is 0.478 e. The summed E-state index contributed by atoms with van der Waals surface area (Å²) in [6, 6.07) is 5.73. The first-order chi connectivity index (χ1) is 16.0. The van der Waals surface area contributed by atoms with Crippen molar-refractivity contribution < 1.29 is 41.0 Å². The van der Waals surface area contributed by atoms with Gasteiger partial charge in [0.05, 0.1) is 23.4 Å². The smallest absolute Gasteiger partial charge is 0.419 e. The van der Waals surface area contributed by atoms with Gasteiger partial charge in [0, 0.05) is 0 Å². The minimum absolute atomic E-state index is 0.0145. The first-order valence-corrected chi connectivity index (χ1v) is 9.96. The average molecular weight is 503 g/mol. The summed E-state index contributed by atoms with van der Waals surface area (Å²) in [6.07, 6.45) is -8.41. The maximum Gasteiger partial charge on any atom is 0.419 e. The Balaban J connectivity index is 1.97. The van der Waals surface area contributed by atoms with Crippen molar-refractivity contribution in [3.05, 3.63) is 75.5 Å². The van der Waals surface area contributed by atoms with E-state index in [1.807, 2.05) is 0 Å². The number of carbonyl (C=O) groups is 1. The summed E-state index contributed by atoms with van der Waals surface area (Å²) in [5.41, 5.74) is -4.77. The summed E-state index contributed by atoms with van der Waals surface area (Å²) < 4.78 is 86.5. The lowest BCUT2D eigenvalue weighted by Gasteiger charge is -2.26. The van der Waals surface area contributed by atoms with E-state index in [0.717, 1.165) is 59.8 Å². The van der Waals surface area contributed by atoms with Crippen molar-refractivity contribution in [2.24, 2.45) is 0 Å². The molecule has 0 aliphatic rings. The van der Waals surface area contributed by atoms with Crippen LogP contribution in [0.3, 0.4) is 0 Å². The molecule has 7 nitrogen and oxygen atoms in total. The number of aromatic nitrogens is 3. The number of aliphatic carboxylic acids is 1. The number of carboxylic acids is 1. The molecule has 3 rings (SSSR count). The summed E-state index contributed by atoms with van der Waals surface area (Å²) in [7, 11) is 0. The second kappa shape index (κ2) is 8.78. The van der Waals surface area contributed by atoms with E-state index in [4.69, 9.17) is 4.74 Å². The van der Waals surface area contributed by atoms with Gasteiger partial charge in [-0.15, -0.1) is 0 Å². The Hall–Kier alpha value is -3.77. The minimum Gasteiger partial charge on any atom is -0.478 e. The van der Waals surface area contributed by atoms with Crippen molar-refractivity contribution in [3.63, 3.8) is 0 Å². The molecule has 1 N–H and O–H groups in total. The van der Waals surface area contributed by atoms with Crippen molar-refractivity contribution in [2.45, 2.75) is 45.3 Å². The van der Waals surface area contributed by atoms with Gasteiger partial charge >= 0.3 is 24.0 Å². The SMILES string of the molecule is Cc1cc(Cn2ncn(-c3ccc(C(F)(F)F)cc3)c2=O)cc(C(F)(F)F)c1OC(C)(C)C(=O)O. The molecule has 0 unspecified atom stereocenters. The van der Waals surface area contributed by atoms with Crippen LogP contribution in [-0.4, -0.2) is 31.0 Å². The molecule has 0 aliphatic carbocycles. The highest BCUT2D eigenvalue weighted by molar-refractivity contribution is 5.77. The molecule has 2 aromatic carbocycles. The van der Waals surface area contributed by atoms with Crippen LogP contribution < -0.4 is 10.4 Å². The third kappa shape index (κ3) is 5.49. The van der Waals surface area contributed by atoms with Gasteiger partial charge in [-0.1, -0.05) is 6.07 Å². The molecule has 3 aromatic rings. The number of aryl methyl sites for hydroxylation is 1. The summed E-state index contributed by atoms with van der Waals surface area (Å²) in [4.78, 5) is 24.0. The highest BCUT2D eigenvalue weighted by Gasteiger charge is 2.39. The van der Waals surface area contributed by atoms with Gasteiger partial charge in [0.2, 0.25) is 0 Å². The van der Waals surface area contributed by atoms with Gasteiger partial charge in [0.25, 0.3) is 0 Å². The predicted molar refractivity (Wildman–Crippen MR) is 110 cm³/mol. The van der Waals surface area contributed by atoms with Crippen molar-refractivity contribution in [1.29, 1.82) is 0 Å². The Morgan fingerprint density at radius 3 is 2.14 bits per heavy atom. The molecule has 35 heavy (non-hydrogen) atoms. The fraction of sp³-hybridized carbons (Fsp3) is 0.318. The molecule has 0 radical (unpaired) electrons. The Morgan fingerprint density at radius 1 is 1.03 bits per heavy atom. The highest BCUT2D eigenvalue weighted by atomic mass is 19.4. The molecule has 0 atom stereocenters. The van der Waals surface area contributed by atoms with E-state index in [1.165, 1.54) is 13.0 Å². The zero-order chi connectivity index (χ0) is 26.3. The number of nitrogens with zero attached hydrogens (tertiary/aromatic N) is 3. The lowest BCUT2D eigenvalue weighted by atomic mass is 10.0. The standard InChI is InChI=1S/C22H19F6N3O4/c1-12-8-13(9-16(22(26,27)28)17(12)35-20(2,3)18(32)33)10-31-19(34)30(11-29-31)15-6-4-14(5-7-15)21(23,24)25/h4-9,11H,10H2,1-3H3,(H,32,33). The van der Waals surface area contributed by atoms with E-state index < -0.39 is 46.5 Å². The Morgan fingerprint density at radius 2 is 1.63 bits per heavy atom. The number of benzene rings is 2. The second-order valence-electron chi connectivity index (χ2n) is 8.19. The summed E-state index contributed by atoms with van der Waals surface area (Å²) in [6.45, 7) is 3.13. The second-order valence-corrected chi connectivity index (χ2v) is 8.19. The Kier molecular flexibility index (Phi) is 6.49. The van der Waals surface area contributed by atoms with Gasteiger partial charge in [0.15, 0.2) is 5.60 Å². The normalized spacial score (nSPS) is 12.6. The first kappa shape index (κ1) is 25.8. The number of alkyl halides is 6. The molecule has 1 aromatic heterocycles. The fourth-order valence-corrected chi connectivity index (χ4v) is 3.19. The number of ether oxygens (including phenoxy) is 1. The van der Waals surface area contributed by atoms with Crippen LogP contribution in [0.25, 0.3) is 5.69 Å². The van der Waals surface area contributed by atoms with Crippen molar-refractivity contribution in [3.8, 4) is 11.4 Å². The van der Waals surface area contributed by atoms with Gasteiger partial charge < -0.3 is 9.84 Å². The molecule has 0 saturated heterocycles. The number of carboxylic acid groups (broad SMARTS) is 1. The van der Waals surface area contributed by atoms with Crippen molar-refractivity contribution in [1.82, 2.24) is 14.3 Å². The van der Waals surface area contributed by atoms with Crippen LogP contribution >= 0.6 is 0 Å². The molecule has 0 amide bonds. The van der Waals surface area contributed by atoms with Gasteiger partial charge in [0.1, 0.15) is 12.1 Å². The van der Waals surface area contributed by atoms with E-state index in [9.17, 15) is 41.0 Å². The maximum absolute atomic E-state index is 13.7. The zero-order valence-electron chi connectivity index (χ0n) is 18.5. The average Bonchev–Trinajstić information content (AvgIpc) is 3.08. The molecular weight excluding hydrogens is 484 g/mol. The van der Waals surface area contributed by atoms with Crippen molar-refractivity contribution in [2.75, 3.05) is 0 Å². The van der Waals surface area contributed by atoms with Gasteiger partial charge in [-0.05, 0) is 62.2 Å². The van der Waals surface area contributed by atoms with Gasteiger partial charge in [-0.25, -0.2) is 18.8 Å². The lowest BCUT2D eigenvalue weighted by Crippen LogP contribution is -2.38. The van der Waals surface area contributed by atoms with Gasteiger partial charge in [-0.2, -0.15) is 31.4 Å². The van der Waals surface area contributed by atoms with Crippen LogP contribution in [0.15, 0.2) is 47.5 Å². The third-order valence-electron chi connectivity index (χ3n) is 5.05. The molecule has 13 heteroatoms. The minimum atomic E-state index is -4.89. The predicted octanol–water partition coefficient (Wildman–Crippen LogP) is 4.67. The van der Waals surface area contributed by atoms with Crippen LogP contribution in [-0.2, 0) is 23.7 Å². The summed E-state index contributed by atoms with van der Waals surface area (Å²) >= 11 is 0. The van der Waals surface area contributed by atoms with E-state index in [0.29, 0.717) is 0 Å². The molecule has 0 aliphatic heterocycles. The zero-order valence-corrected chi connectivity index (χ0v) is 18.5. The third-order valence-corrected chi connectivity index (χ3v) is 5.05. The Labute approximate surface area is 194 Å². The van der Waals surface area contributed by atoms with E-state index in [2.05, 4.69) is 5.10 Å². The summed E-state index contributed by atoms with van der Waals surface area (Å²) in [5, 5.41) is 13.0. The topological polar surface area (TPSA) is 86.4 Å². The number of hydrogen-bond acceptors (Lipinski definition) is 4. The quantitative estimate of drug-likeness (QED) is 0.494. The maximum atomic E-state index is 13.7. The van der Waals surface area contributed by atoms with E-state index in [-0.39, 0.29) is 23.4 Å². The highest BCUT2D eigenvalue weighted by Crippen LogP contribution is 2.40. The van der Waals surface area contributed by atoms with Crippen LogP contribution in [0.5, 0.6) is 5.75 Å². The summed E-state index contributed by atoms with van der Waals surface area (Å²) in [5.74, 6) is -2.12. The number of hydrogen-bond donors (Lipinski definition) is 1. The fourth-order valence-electron chi connectivity index (χ4n) is 3.19. The molecule has 1 heterocycles. The van der Waals surface area contributed by atoms with Crippen LogP contribution in [0.4, 0.5) is 26.3 Å². The van der Waals surface area contributed by atoms with Crippen LogP contribution in [0.1, 0.15) is 36.1 Å². The first-order valence-electron chi connectivity index (χ1n) is 9.96. The number of halogens is 6. The monoisotopic (exact) mass is 503 g/mol. The molecule has 0 fully saturated rings. The lowest BCUT2D eigenvalue weighted by molar-refractivity contribution is -0.155. The molecule has 0 spiro atoms.